The molecule has 4 heteroatoms. The van der Waals surface area contributed by atoms with Crippen molar-refractivity contribution in [3.05, 3.63) is 72.3 Å². The molecule has 128 valence electrons. The maximum Gasteiger partial charge on any atom is 0.161 e. The fourth-order valence-corrected chi connectivity index (χ4v) is 2.74. The summed E-state index contributed by atoms with van der Waals surface area (Å²) in [5.41, 5.74) is 6.12. The van der Waals surface area contributed by atoms with E-state index in [1.165, 1.54) is 48.4 Å². The minimum Gasteiger partial charge on any atom is -0.504 e. The van der Waals surface area contributed by atoms with Gasteiger partial charge in [-0.1, -0.05) is 48.5 Å². The van der Waals surface area contributed by atoms with Crippen LogP contribution in [0.4, 0.5) is 0 Å². The van der Waals surface area contributed by atoms with Gasteiger partial charge >= 0.3 is 0 Å². The van der Waals surface area contributed by atoms with E-state index in [0.717, 1.165) is 0 Å². The molecular weight excluding hydrogens is 427 g/mol. The highest BCUT2D eigenvalue weighted by Gasteiger charge is 2.19. The largest absolute Gasteiger partial charge is 0.504 e. The minimum atomic E-state index is -0.0479. The highest BCUT2D eigenvalue weighted by molar-refractivity contribution is 14.0. The molecule has 0 heterocycles. The van der Waals surface area contributed by atoms with E-state index in [-0.39, 0.29) is 35.5 Å². The lowest BCUT2D eigenvalue weighted by atomic mass is 9.81. The minimum absolute atomic E-state index is 0. The quantitative estimate of drug-likeness (QED) is 0.324. The third-order valence-electron chi connectivity index (χ3n) is 4.02. The normalized spacial score (nSPS) is 10.0. The van der Waals surface area contributed by atoms with E-state index in [9.17, 15) is 9.90 Å². The number of fused-ring (bicyclic) bond motifs is 4. The van der Waals surface area contributed by atoms with Crippen molar-refractivity contribution in [2.24, 2.45) is 0 Å². The molecule has 0 fully saturated rings. The Morgan fingerprint density at radius 2 is 1.28 bits per heavy atom. The fourth-order valence-electron chi connectivity index (χ4n) is 2.74. The predicted octanol–water partition coefficient (Wildman–Crippen LogP) is 5.56. The second-order valence-corrected chi connectivity index (χ2v) is 5.53. The first kappa shape index (κ1) is 19.0. The molecule has 1 aliphatic rings. The van der Waals surface area contributed by atoms with E-state index >= 15 is 0 Å². The fraction of sp³-hybridized carbons (Fsp3) is 0.0952. The molecule has 1 N–H and O–H groups in total. The molecule has 0 aromatic heterocycles. The van der Waals surface area contributed by atoms with Gasteiger partial charge in [-0.25, -0.2) is 0 Å². The molecule has 0 spiro atoms. The van der Waals surface area contributed by atoms with Crippen molar-refractivity contribution in [1.82, 2.24) is 0 Å². The second kappa shape index (κ2) is 8.16. The lowest BCUT2D eigenvalue weighted by molar-refractivity contribution is 0.101. The van der Waals surface area contributed by atoms with E-state index < -0.39 is 0 Å². The summed E-state index contributed by atoms with van der Waals surface area (Å²) in [4.78, 5) is 10.9. The first-order valence-corrected chi connectivity index (χ1v) is 7.68. The molecule has 25 heavy (non-hydrogen) atoms. The Balaban J connectivity index is 0.000000173. The van der Waals surface area contributed by atoms with Crippen LogP contribution < -0.4 is 4.74 Å². The molecule has 3 aromatic rings. The van der Waals surface area contributed by atoms with Gasteiger partial charge in [-0.2, -0.15) is 0 Å². The van der Waals surface area contributed by atoms with E-state index in [4.69, 9.17) is 4.74 Å². The number of phenolic OH excluding ortho intramolecular Hbond substituents is 1. The molecule has 0 amide bonds. The van der Waals surface area contributed by atoms with Gasteiger partial charge in [0.05, 0.1) is 7.11 Å². The average molecular weight is 446 g/mol. The third-order valence-corrected chi connectivity index (χ3v) is 4.02. The number of phenols is 1. The Morgan fingerprint density at radius 1 is 0.840 bits per heavy atom. The smallest absolute Gasteiger partial charge is 0.161 e. The summed E-state index contributed by atoms with van der Waals surface area (Å²) < 4.78 is 4.83. The Kier molecular flexibility index (Phi) is 6.20. The predicted molar refractivity (Wildman–Crippen MR) is 111 cm³/mol. The summed E-state index contributed by atoms with van der Waals surface area (Å²) in [6, 6.07) is 21.6. The van der Waals surface area contributed by atoms with Crippen LogP contribution in [-0.2, 0) is 0 Å². The number of ether oxygens (including phenoxy) is 1. The van der Waals surface area contributed by atoms with Gasteiger partial charge in [0.2, 0.25) is 0 Å². The van der Waals surface area contributed by atoms with Gasteiger partial charge in [0.1, 0.15) is 0 Å². The number of carbonyl (C=O) groups is 1. The summed E-state index contributed by atoms with van der Waals surface area (Å²) in [5.74, 6) is 0.318. The summed E-state index contributed by atoms with van der Waals surface area (Å²) in [6.07, 6.45) is 0. The molecule has 0 unspecified atom stereocenters. The van der Waals surface area contributed by atoms with Crippen LogP contribution in [0.15, 0.2) is 66.7 Å². The van der Waals surface area contributed by atoms with Crippen molar-refractivity contribution in [1.29, 1.82) is 0 Å². The number of ketones is 1. The second-order valence-electron chi connectivity index (χ2n) is 5.53. The first-order valence-electron chi connectivity index (χ1n) is 7.68. The molecule has 1 aliphatic carbocycles. The lowest BCUT2D eigenvalue weighted by Gasteiger charge is -2.22. The van der Waals surface area contributed by atoms with Gasteiger partial charge < -0.3 is 9.84 Å². The van der Waals surface area contributed by atoms with Crippen molar-refractivity contribution < 1.29 is 14.6 Å². The Hall–Kier alpha value is -2.34. The average Bonchev–Trinajstić information content (AvgIpc) is 2.60. The van der Waals surface area contributed by atoms with Crippen molar-refractivity contribution in [2.75, 3.05) is 7.11 Å². The maximum atomic E-state index is 10.9. The molecule has 0 atom stereocenters. The van der Waals surface area contributed by atoms with Crippen LogP contribution in [0.25, 0.3) is 22.3 Å². The molecule has 0 saturated carbocycles. The van der Waals surface area contributed by atoms with E-state index in [2.05, 4.69) is 48.5 Å². The van der Waals surface area contributed by atoms with Crippen molar-refractivity contribution >= 4 is 29.8 Å². The number of halogens is 1. The molecular formula is C21H19IO3. The summed E-state index contributed by atoms with van der Waals surface area (Å²) in [7, 11) is 1.44. The van der Waals surface area contributed by atoms with Crippen LogP contribution in [0.2, 0.25) is 0 Å². The summed E-state index contributed by atoms with van der Waals surface area (Å²) in [5, 5.41) is 9.18. The topological polar surface area (TPSA) is 46.5 Å². The first-order chi connectivity index (χ1) is 11.6. The molecule has 3 aromatic carbocycles. The van der Waals surface area contributed by atoms with Crippen LogP contribution in [0.5, 0.6) is 11.5 Å². The third kappa shape index (κ3) is 3.85. The number of aromatic hydroxyl groups is 1. The molecule has 0 saturated heterocycles. The zero-order valence-electron chi connectivity index (χ0n) is 14.0. The molecule has 4 rings (SSSR count). The van der Waals surface area contributed by atoms with Crippen LogP contribution in [0, 0.1) is 0 Å². The van der Waals surface area contributed by atoms with Gasteiger partial charge in [-0.3, -0.25) is 4.79 Å². The SMILES string of the molecule is COc1cc(C(C)=O)ccc1O.I.c1ccc2c(c1)-c1ccccc1-2. The number of carbonyl (C=O) groups excluding carboxylic acids is 1. The zero-order valence-corrected chi connectivity index (χ0v) is 16.4. The number of benzene rings is 3. The maximum absolute atomic E-state index is 10.9. The molecule has 0 aliphatic heterocycles. The van der Waals surface area contributed by atoms with Crippen molar-refractivity contribution in [2.45, 2.75) is 6.92 Å². The lowest BCUT2D eigenvalue weighted by Crippen LogP contribution is -1.96. The van der Waals surface area contributed by atoms with Crippen LogP contribution >= 0.6 is 24.0 Å². The van der Waals surface area contributed by atoms with E-state index in [1.54, 1.807) is 6.07 Å². The van der Waals surface area contributed by atoms with E-state index in [0.29, 0.717) is 11.3 Å². The number of hydrogen-bond acceptors (Lipinski definition) is 3. The van der Waals surface area contributed by atoms with E-state index in [1.807, 2.05) is 0 Å². The Bertz CT molecular complexity index is 803. The highest BCUT2D eigenvalue weighted by Crippen LogP contribution is 2.46. The van der Waals surface area contributed by atoms with Crippen LogP contribution in [-0.4, -0.2) is 18.0 Å². The summed E-state index contributed by atoms with van der Waals surface area (Å²) >= 11 is 0. The Labute approximate surface area is 164 Å². The van der Waals surface area contributed by atoms with Gasteiger partial charge in [0.25, 0.3) is 0 Å². The highest BCUT2D eigenvalue weighted by atomic mass is 127. The van der Waals surface area contributed by atoms with Crippen molar-refractivity contribution in [3.63, 3.8) is 0 Å². The number of methoxy groups -OCH3 is 1. The van der Waals surface area contributed by atoms with Crippen LogP contribution in [0.1, 0.15) is 17.3 Å². The zero-order chi connectivity index (χ0) is 17.1. The monoisotopic (exact) mass is 446 g/mol. The van der Waals surface area contributed by atoms with Crippen LogP contribution in [0.3, 0.4) is 0 Å². The molecule has 3 nitrogen and oxygen atoms in total. The number of rotatable bonds is 2. The number of hydrogen-bond donors (Lipinski definition) is 1. The van der Waals surface area contributed by atoms with Gasteiger partial charge in [-0.15, -0.1) is 24.0 Å². The molecule has 0 bridgehead atoms. The van der Waals surface area contributed by atoms with Gasteiger partial charge in [0.15, 0.2) is 17.3 Å². The van der Waals surface area contributed by atoms with Gasteiger partial charge in [0, 0.05) is 5.56 Å². The molecule has 0 radical (unpaired) electrons. The Morgan fingerprint density at radius 3 is 1.64 bits per heavy atom. The number of Topliss-reactive ketones (excluding diaryl/α,β-unsaturated/α-hetero) is 1. The van der Waals surface area contributed by atoms with Crippen molar-refractivity contribution in [3.8, 4) is 33.8 Å². The standard InChI is InChI=1S/C12H8.C9H10O3.HI/c1-2-6-10-9(5-1)11-7-3-4-8-12(10)11;1-6(10)7-3-4-8(11)9(5-7)12-2;/h1-8H;3-5,11H,1-2H3;1H. The summed E-state index contributed by atoms with van der Waals surface area (Å²) in [6.45, 7) is 1.46. The van der Waals surface area contributed by atoms with Gasteiger partial charge in [-0.05, 0) is 47.4 Å².